The van der Waals surface area contributed by atoms with Crippen LogP contribution in [0.1, 0.15) is 12.0 Å². The van der Waals surface area contributed by atoms with Gasteiger partial charge >= 0.3 is 0 Å². The van der Waals surface area contributed by atoms with Gasteiger partial charge in [0, 0.05) is 19.1 Å². The highest BCUT2D eigenvalue weighted by molar-refractivity contribution is 7.91. The molecule has 2 rings (SSSR count). The first-order valence-corrected chi connectivity index (χ1v) is 8.09. The molecule has 0 bridgehead atoms. The fraction of sp³-hybridized carbons (Fsp3) is 0.727. The van der Waals surface area contributed by atoms with Crippen molar-refractivity contribution >= 4 is 21.4 Å². The third kappa shape index (κ3) is 3.22. The molecule has 1 aromatic heterocycles. The number of rotatable bonds is 4. The second-order valence-corrected chi connectivity index (χ2v) is 7.34. The molecule has 96 valence electrons. The largest absolute Gasteiger partial charge is 0.276 e. The van der Waals surface area contributed by atoms with Crippen LogP contribution < -0.4 is 0 Å². The van der Waals surface area contributed by atoms with Gasteiger partial charge in [0.1, 0.15) is 0 Å². The first-order chi connectivity index (χ1) is 8.00. The molecule has 0 saturated carbocycles. The van der Waals surface area contributed by atoms with Gasteiger partial charge in [-0.2, -0.15) is 5.10 Å². The van der Waals surface area contributed by atoms with E-state index in [1.54, 1.807) is 4.68 Å². The summed E-state index contributed by atoms with van der Waals surface area (Å²) in [7, 11) is -0.943. The molecule has 1 aliphatic heterocycles. The summed E-state index contributed by atoms with van der Waals surface area (Å²) in [5.74, 6) is 1.56. The van der Waals surface area contributed by atoms with Crippen LogP contribution >= 0.6 is 11.6 Å². The summed E-state index contributed by atoms with van der Waals surface area (Å²) in [6.45, 7) is 0. The Bertz CT molecular complexity index is 483. The van der Waals surface area contributed by atoms with E-state index in [1.165, 1.54) is 0 Å². The summed E-state index contributed by atoms with van der Waals surface area (Å²) < 4.78 is 24.7. The van der Waals surface area contributed by atoms with Crippen molar-refractivity contribution in [2.24, 2.45) is 18.9 Å². The second-order valence-electron chi connectivity index (χ2n) is 4.80. The molecule has 17 heavy (non-hydrogen) atoms. The van der Waals surface area contributed by atoms with Crippen LogP contribution in [0, 0.1) is 11.8 Å². The molecule has 0 amide bonds. The van der Waals surface area contributed by atoms with Gasteiger partial charge in [0.25, 0.3) is 0 Å². The average molecular weight is 277 g/mol. The Morgan fingerprint density at radius 3 is 2.88 bits per heavy atom. The lowest BCUT2D eigenvalue weighted by atomic mass is 9.89. The number of halogens is 1. The smallest absolute Gasteiger partial charge is 0.150 e. The van der Waals surface area contributed by atoms with Gasteiger partial charge in [-0.15, -0.1) is 11.6 Å². The van der Waals surface area contributed by atoms with Gasteiger partial charge in [0.05, 0.1) is 17.7 Å². The maximum absolute atomic E-state index is 11.5. The maximum Gasteiger partial charge on any atom is 0.150 e. The van der Waals surface area contributed by atoms with Crippen molar-refractivity contribution in [3.05, 3.63) is 18.0 Å². The number of aromatic nitrogens is 2. The fourth-order valence-electron chi connectivity index (χ4n) is 2.42. The van der Waals surface area contributed by atoms with Gasteiger partial charge in [-0.3, -0.25) is 4.68 Å². The molecule has 1 saturated heterocycles. The van der Waals surface area contributed by atoms with Gasteiger partial charge in [-0.1, -0.05) is 0 Å². The van der Waals surface area contributed by atoms with E-state index in [4.69, 9.17) is 11.6 Å². The molecule has 0 aromatic carbocycles. The van der Waals surface area contributed by atoms with Crippen molar-refractivity contribution in [1.29, 1.82) is 0 Å². The lowest BCUT2D eigenvalue weighted by molar-refractivity contribution is 0.398. The van der Waals surface area contributed by atoms with Crippen molar-refractivity contribution in [2.45, 2.75) is 12.8 Å². The van der Waals surface area contributed by atoms with Crippen LogP contribution in [0.3, 0.4) is 0 Å². The molecule has 2 unspecified atom stereocenters. The Morgan fingerprint density at radius 2 is 2.41 bits per heavy atom. The molecule has 0 radical (unpaired) electrons. The number of hydrogen-bond acceptors (Lipinski definition) is 3. The highest BCUT2D eigenvalue weighted by Gasteiger charge is 2.33. The number of nitrogens with zero attached hydrogens (tertiary/aromatic N) is 2. The zero-order valence-electron chi connectivity index (χ0n) is 9.84. The van der Waals surface area contributed by atoms with E-state index < -0.39 is 9.84 Å². The van der Waals surface area contributed by atoms with Crippen molar-refractivity contribution in [1.82, 2.24) is 9.78 Å². The maximum atomic E-state index is 11.5. The van der Waals surface area contributed by atoms with Gasteiger partial charge in [-0.25, -0.2) is 8.42 Å². The predicted octanol–water partition coefficient (Wildman–Crippen LogP) is 1.25. The number of sulfone groups is 1. The summed E-state index contributed by atoms with van der Waals surface area (Å²) in [5.41, 5.74) is 1.13. The third-order valence-electron chi connectivity index (χ3n) is 3.39. The van der Waals surface area contributed by atoms with Gasteiger partial charge < -0.3 is 0 Å². The van der Waals surface area contributed by atoms with Crippen LogP contribution in [0.2, 0.25) is 0 Å². The van der Waals surface area contributed by atoms with E-state index in [1.807, 2.05) is 19.4 Å². The summed E-state index contributed by atoms with van der Waals surface area (Å²) in [6, 6.07) is 0. The predicted molar refractivity (Wildman–Crippen MR) is 67.9 cm³/mol. The topological polar surface area (TPSA) is 52.0 Å². The van der Waals surface area contributed by atoms with Crippen LogP contribution in [0.15, 0.2) is 12.4 Å². The number of alkyl halides is 1. The van der Waals surface area contributed by atoms with Crippen LogP contribution in [0.25, 0.3) is 0 Å². The lowest BCUT2D eigenvalue weighted by Crippen LogP contribution is -2.20. The second kappa shape index (κ2) is 4.98. The Kier molecular flexibility index (Phi) is 3.78. The molecule has 1 fully saturated rings. The zero-order chi connectivity index (χ0) is 12.5. The molecular formula is C11H17ClN2O2S. The lowest BCUT2D eigenvalue weighted by Gasteiger charge is -2.18. The quantitative estimate of drug-likeness (QED) is 0.778. The standard InChI is InChI=1S/C11H17ClN2O2S/c1-14-7-9(6-13-14)4-11(5-12)10-2-3-17(15,16)8-10/h6-7,10-11H,2-5,8H2,1H3. The van der Waals surface area contributed by atoms with E-state index in [0.717, 1.165) is 18.4 Å². The molecule has 6 heteroatoms. The molecule has 1 aliphatic rings. The highest BCUT2D eigenvalue weighted by atomic mass is 35.5. The first-order valence-electron chi connectivity index (χ1n) is 5.74. The SMILES string of the molecule is Cn1cc(CC(CCl)C2CCS(=O)(=O)C2)cn1. The molecule has 0 aliphatic carbocycles. The highest BCUT2D eigenvalue weighted by Crippen LogP contribution is 2.29. The Labute approximate surface area is 107 Å². The molecule has 2 heterocycles. The van der Waals surface area contributed by atoms with Crippen LogP contribution in [-0.2, 0) is 23.3 Å². The monoisotopic (exact) mass is 276 g/mol. The molecule has 0 spiro atoms. The number of aryl methyl sites for hydroxylation is 1. The van der Waals surface area contributed by atoms with Crippen LogP contribution in [0.5, 0.6) is 0 Å². The zero-order valence-corrected chi connectivity index (χ0v) is 11.4. The molecular weight excluding hydrogens is 260 g/mol. The van der Waals surface area contributed by atoms with E-state index in [-0.39, 0.29) is 11.8 Å². The third-order valence-corrected chi connectivity index (χ3v) is 5.58. The Balaban J connectivity index is 2.02. The summed E-state index contributed by atoms with van der Waals surface area (Å²) in [6.07, 6.45) is 5.35. The van der Waals surface area contributed by atoms with E-state index in [9.17, 15) is 8.42 Å². The van der Waals surface area contributed by atoms with Gasteiger partial charge in [0.15, 0.2) is 9.84 Å². The van der Waals surface area contributed by atoms with Crippen molar-refractivity contribution in [3.8, 4) is 0 Å². The molecule has 1 aromatic rings. The van der Waals surface area contributed by atoms with E-state index in [2.05, 4.69) is 5.10 Å². The van der Waals surface area contributed by atoms with Gasteiger partial charge in [-0.05, 0) is 30.2 Å². The minimum absolute atomic E-state index is 0.206. The summed E-state index contributed by atoms with van der Waals surface area (Å²) in [4.78, 5) is 0. The van der Waals surface area contributed by atoms with E-state index in [0.29, 0.717) is 17.4 Å². The summed E-state index contributed by atoms with van der Waals surface area (Å²) >= 11 is 5.98. The van der Waals surface area contributed by atoms with Crippen molar-refractivity contribution < 1.29 is 8.42 Å². The molecule has 4 nitrogen and oxygen atoms in total. The Hall–Kier alpha value is -0.550. The number of hydrogen-bond donors (Lipinski definition) is 0. The average Bonchev–Trinajstić information content (AvgIpc) is 2.81. The first kappa shape index (κ1) is 12.9. The van der Waals surface area contributed by atoms with Crippen molar-refractivity contribution in [3.63, 3.8) is 0 Å². The minimum Gasteiger partial charge on any atom is -0.276 e. The van der Waals surface area contributed by atoms with Crippen molar-refractivity contribution in [2.75, 3.05) is 17.4 Å². The molecule has 2 atom stereocenters. The van der Waals surface area contributed by atoms with Gasteiger partial charge in [0.2, 0.25) is 0 Å². The van der Waals surface area contributed by atoms with E-state index >= 15 is 0 Å². The minimum atomic E-state index is -2.82. The fourth-order valence-corrected chi connectivity index (χ4v) is 4.70. The van der Waals surface area contributed by atoms with Crippen LogP contribution in [0.4, 0.5) is 0 Å². The Morgan fingerprint density at radius 1 is 1.65 bits per heavy atom. The normalized spacial score (nSPS) is 24.9. The molecule has 0 N–H and O–H groups in total. The summed E-state index contributed by atoms with van der Waals surface area (Å²) in [5, 5.41) is 4.11. The van der Waals surface area contributed by atoms with Crippen LogP contribution in [-0.4, -0.2) is 35.6 Å².